The number of pyridine rings is 1. The van der Waals surface area contributed by atoms with Crippen molar-refractivity contribution >= 4 is 11.6 Å². The van der Waals surface area contributed by atoms with Gasteiger partial charge in [-0.2, -0.15) is 13.2 Å². The van der Waals surface area contributed by atoms with Crippen LogP contribution in [0.5, 0.6) is 5.88 Å². The lowest BCUT2D eigenvalue weighted by atomic mass is 10.0. The van der Waals surface area contributed by atoms with Crippen LogP contribution in [0, 0.1) is 0 Å². The Morgan fingerprint density at radius 2 is 1.79 bits per heavy atom. The molecule has 2 aromatic rings. The molecule has 0 radical (unpaired) electrons. The van der Waals surface area contributed by atoms with Crippen molar-refractivity contribution in [3.63, 3.8) is 0 Å². The first-order valence-electron chi connectivity index (χ1n) is 5.29. The van der Waals surface area contributed by atoms with Crippen molar-refractivity contribution in [2.24, 2.45) is 0 Å². The second-order valence-electron chi connectivity index (χ2n) is 3.79. The quantitative estimate of drug-likeness (QED) is 0.815. The Morgan fingerprint density at radius 3 is 2.32 bits per heavy atom. The minimum atomic E-state index is -4.35. The number of hydrogen-bond donors (Lipinski definition) is 0. The number of hydrogen-bond acceptors (Lipinski definition) is 2. The van der Waals surface area contributed by atoms with Gasteiger partial charge in [0.1, 0.15) is 0 Å². The Labute approximate surface area is 112 Å². The summed E-state index contributed by atoms with van der Waals surface area (Å²) in [5.74, 6) is 0.309. The summed E-state index contributed by atoms with van der Waals surface area (Å²) in [6.07, 6.45) is -2.94. The van der Waals surface area contributed by atoms with E-state index in [1.54, 1.807) is 6.07 Å². The van der Waals surface area contributed by atoms with Gasteiger partial charge in [-0.05, 0) is 23.8 Å². The van der Waals surface area contributed by atoms with E-state index in [1.165, 1.54) is 25.4 Å². The lowest BCUT2D eigenvalue weighted by Crippen LogP contribution is -2.04. The summed E-state index contributed by atoms with van der Waals surface area (Å²) in [7, 11) is 1.43. The van der Waals surface area contributed by atoms with Gasteiger partial charge in [-0.15, -0.1) is 0 Å². The van der Waals surface area contributed by atoms with E-state index in [2.05, 4.69) is 4.98 Å². The Bertz CT molecular complexity index is 581. The van der Waals surface area contributed by atoms with Crippen LogP contribution in [0.15, 0.2) is 36.5 Å². The van der Waals surface area contributed by atoms with Gasteiger partial charge < -0.3 is 4.74 Å². The number of alkyl halides is 3. The van der Waals surface area contributed by atoms with Crippen LogP contribution in [0.1, 0.15) is 5.56 Å². The van der Waals surface area contributed by atoms with Crippen molar-refractivity contribution in [3.8, 4) is 17.0 Å². The molecule has 100 valence electrons. The van der Waals surface area contributed by atoms with Crippen LogP contribution in [0.3, 0.4) is 0 Å². The standard InChI is InChI=1S/C13H9ClF3NO/c1-19-12-11(6-10(14)7-18-12)8-2-4-9(5-3-8)13(15,16)17/h2-7H,1H3. The minimum Gasteiger partial charge on any atom is -0.481 e. The van der Waals surface area contributed by atoms with Crippen LogP contribution in [0.4, 0.5) is 13.2 Å². The molecule has 0 amide bonds. The van der Waals surface area contributed by atoms with Crippen LogP contribution < -0.4 is 4.74 Å². The van der Waals surface area contributed by atoms with Crippen LogP contribution in [-0.4, -0.2) is 12.1 Å². The predicted molar refractivity (Wildman–Crippen MR) is 66.2 cm³/mol. The Morgan fingerprint density at radius 1 is 1.16 bits per heavy atom. The fourth-order valence-corrected chi connectivity index (χ4v) is 1.79. The summed E-state index contributed by atoms with van der Waals surface area (Å²) >= 11 is 5.83. The molecular weight excluding hydrogens is 279 g/mol. The molecule has 2 rings (SSSR count). The average Bonchev–Trinajstić information content (AvgIpc) is 2.38. The molecule has 2 nitrogen and oxygen atoms in total. The third kappa shape index (κ3) is 2.98. The van der Waals surface area contributed by atoms with Gasteiger partial charge in [0.05, 0.1) is 17.7 Å². The van der Waals surface area contributed by atoms with Crippen molar-refractivity contribution in [2.75, 3.05) is 7.11 Å². The fraction of sp³-hybridized carbons (Fsp3) is 0.154. The van der Waals surface area contributed by atoms with Crippen LogP contribution >= 0.6 is 11.6 Å². The maximum atomic E-state index is 12.5. The normalized spacial score (nSPS) is 11.4. The van der Waals surface area contributed by atoms with Crippen molar-refractivity contribution in [2.45, 2.75) is 6.18 Å². The molecule has 6 heteroatoms. The molecule has 1 aromatic carbocycles. The van der Waals surface area contributed by atoms with Gasteiger partial charge in [0.25, 0.3) is 0 Å². The predicted octanol–water partition coefficient (Wildman–Crippen LogP) is 4.43. The molecule has 0 saturated heterocycles. The second kappa shape index (κ2) is 5.09. The second-order valence-corrected chi connectivity index (χ2v) is 4.22. The highest BCUT2D eigenvalue weighted by molar-refractivity contribution is 6.30. The largest absolute Gasteiger partial charge is 0.481 e. The Kier molecular flexibility index (Phi) is 3.66. The smallest absolute Gasteiger partial charge is 0.416 e. The van der Waals surface area contributed by atoms with Crippen LogP contribution in [0.2, 0.25) is 5.02 Å². The lowest BCUT2D eigenvalue weighted by molar-refractivity contribution is -0.137. The summed E-state index contributed by atoms with van der Waals surface area (Å²) in [6, 6.07) is 6.33. The molecule has 0 bridgehead atoms. The summed E-state index contributed by atoms with van der Waals surface area (Å²) in [5.41, 5.74) is 0.397. The molecule has 1 aromatic heterocycles. The lowest BCUT2D eigenvalue weighted by Gasteiger charge is -2.10. The Balaban J connectivity index is 2.45. The van der Waals surface area contributed by atoms with E-state index in [0.29, 0.717) is 22.0 Å². The van der Waals surface area contributed by atoms with E-state index in [9.17, 15) is 13.2 Å². The van der Waals surface area contributed by atoms with E-state index < -0.39 is 11.7 Å². The van der Waals surface area contributed by atoms with Gasteiger partial charge in [-0.3, -0.25) is 0 Å². The average molecular weight is 288 g/mol. The zero-order valence-corrected chi connectivity index (χ0v) is 10.6. The maximum Gasteiger partial charge on any atom is 0.416 e. The first kappa shape index (κ1) is 13.7. The van der Waals surface area contributed by atoms with Gasteiger partial charge in [0.2, 0.25) is 5.88 Å². The van der Waals surface area contributed by atoms with Gasteiger partial charge in [0.15, 0.2) is 0 Å². The van der Waals surface area contributed by atoms with Crippen molar-refractivity contribution in [1.82, 2.24) is 4.98 Å². The summed E-state index contributed by atoms with van der Waals surface area (Å²) in [4.78, 5) is 3.97. The molecule has 0 saturated carbocycles. The molecule has 1 heterocycles. The Hall–Kier alpha value is -1.75. The highest BCUT2D eigenvalue weighted by Crippen LogP contribution is 2.34. The summed E-state index contributed by atoms with van der Waals surface area (Å²) in [6.45, 7) is 0. The van der Waals surface area contributed by atoms with Gasteiger partial charge in [-0.1, -0.05) is 23.7 Å². The first-order valence-corrected chi connectivity index (χ1v) is 5.67. The molecule has 0 fully saturated rings. The third-order valence-electron chi connectivity index (χ3n) is 2.53. The van der Waals surface area contributed by atoms with E-state index in [0.717, 1.165) is 12.1 Å². The number of benzene rings is 1. The van der Waals surface area contributed by atoms with Crippen molar-refractivity contribution in [3.05, 3.63) is 47.1 Å². The molecule has 0 N–H and O–H groups in total. The third-order valence-corrected chi connectivity index (χ3v) is 2.74. The highest BCUT2D eigenvalue weighted by atomic mass is 35.5. The monoisotopic (exact) mass is 287 g/mol. The molecule has 0 aliphatic carbocycles. The summed E-state index contributed by atoms with van der Waals surface area (Å²) in [5, 5.41) is 0.385. The van der Waals surface area contributed by atoms with Crippen LogP contribution in [-0.2, 0) is 6.18 Å². The first-order chi connectivity index (χ1) is 8.91. The van der Waals surface area contributed by atoms with E-state index in [1.807, 2.05) is 0 Å². The molecule has 0 spiro atoms. The fourth-order valence-electron chi connectivity index (χ4n) is 1.63. The van der Waals surface area contributed by atoms with Gasteiger partial charge in [0, 0.05) is 11.8 Å². The SMILES string of the molecule is COc1ncc(Cl)cc1-c1ccc(C(F)(F)F)cc1. The molecule has 0 atom stereocenters. The van der Waals surface area contributed by atoms with E-state index >= 15 is 0 Å². The number of rotatable bonds is 2. The van der Waals surface area contributed by atoms with E-state index in [4.69, 9.17) is 16.3 Å². The summed E-state index contributed by atoms with van der Waals surface area (Å²) < 4.78 is 42.5. The maximum absolute atomic E-state index is 12.5. The molecule has 0 aliphatic heterocycles. The minimum absolute atomic E-state index is 0.309. The number of aromatic nitrogens is 1. The number of halogens is 4. The van der Waals surface area contributed by atoms with Crippen molar-refractivity contribution in [1.29, 1.82) is 0 Å². The van der Waals surface area contributed by atoms with Gasteiger partial charge >= 0.3 is 6.18 Å². The van der Waals surface area contributed by atoms with Gasteiger partial charge in [-0.25, -0.2) is 4.98 Å². The molecule has 0 aliphatic rings. The van der Waals surface area contributed by atoms with Crippen molar-refractivity contribution < 1.29 is 17.9 Å². The van der Waals surface area contributed by atoms with Crippen LogP contribution in [0.25, 0.3) is 11.1 Å². The zero-order chi connectivity index (χ0) is 14.0. The molecular formula is C13H9ClF3NO. The van der Waals surface area contributed by atoms with E-state index in [-0.39, 0.29) is 0 Å². The number of nitrogens with zero attached hydrogens (tertiary/aromatic N) is 1. The highest BCUT2D eigenvalue weighted by Gasteiger charge is 2.30. The topological polar surface area (TPSA) is 22.1 Å². The number of methoxy groups -OCH3 is 1. The molecule has 0 unspecified atom stereocenters. The molecule has 19 heavy (non-hydrogen) atoms. The number of ether oxygens (including phenoxy) is 1. The zero-order valence-electron chi connectivity index (χ0n) is 9.83.